The standard InChI is InChI=1S/C15H23N3O2S/c1-12-10-14(16)3-2-13(12)11-17-6-8-18(9-7-17)21(19,20)15-4-5-15/h2-3,10,15H,4-9,11,16H2,1H3. The van der Waals surface area contributed by atoms with Gasteiger partial charge in [0.05, 0.1) is 5.25 Å². The number of hydrogen-bond acceptors (Lipinski definition) is 4. The Labute approximate surface area is 126 Å². The van der Waals surface area contributed by atoms with Crippen LogP contribution in [0.5, 0.6) is 0 Å². The molecule has 0 atom stereocenters. The molecule has 3 rings (SSSR count). The maximum atomic E-state index is 12.2. The zero-order valence-electron chi connectivity index (χ0n) is 12.5. The van der Waals surface area contributed by atoms with Crippen molar-refractivity contribution in [3.05, 3.63) is 29.3 Å². The average molecular weight is 309 g/mol. The van der Waals surface area contributed by atoms with Crippen molar-refractivity contribution in [3.8, 4) is 0 Å². The van der Waals surface area contributed by atoms with Gasteiger partial charge in [-0.1, -0.05) is 6.07 Å². The van der Waals surface area contributed by atoms with Gasteiger partial charge < -0.3 is 5.73 Å². The number of sulfonamides is 1. The van der Waals surface area contributed by atoms with Crippen molar-refractivity contribution >= 4 is 15.7 Å². The number of anilines is 1. The van der Waals surface area contributed by atoms with E-state index < -0.39 is 10.0 Å². The van der Waals surface area contributed by atoms with Crippen LogP contribution in [0.4, 0.5) is 5.69 Å². The largest absolute Gasteiger partial charge is 0.399 e. The molecule has 0 amide bonds. The third-order valence-electron chi connectivity index (χ3n) is 4.40. The van der Waals surface area contributed by atoms with Crippen molar-refractivity contribution in [1.29, 1.82) is 0 Å². The van der Waals surface area contributed by atoms with E-state index in [0.29, 0.717) is 13.1 Å². The first-order valence-electron chi connectivity index (χ1n) is 7.53. The second-order valence-electron chi connectivity index (χ2n) is 6.11. The molecule has 2 N–H and O–H groups in total. The number of nitrogen functional groups attached to an aromatic ring is 1. The van der Waals surface area contributed by atoms with Gasteiger partial charge in [0.25, 0.3) is 0 Å². The Morgan fingerprint density at radius 2 is 1.86 bits per heavy atom. The van der Waals surface area contributed by atoms with Crippen molar-refractivity contribution in [3.63, 3.8) is 0 Å². The topological polar surface area (TPSA) is 66.6 Å². The molecule has 2 fully saturated rings. The highest BCUT2D eigenvalue weighted by atomic mass is 32.2. The molecule has 1 aliphatic heterocycles. The summed E-state index contributed by atoms with van der Waals surface area (Å²) in [5.41, 5.74) is 9.03. The quantitative estimate of drug-likeness (QED) is 0.848. The van der Waals surface area contributed by atoms with Crippen molar-refractivity contribution < 1.29 is 8.42 Å². The molecular weight excluding hydrogens is 286 g/mol. The summed E-state index contributed by atoms with van der Waals surface area (Å²) < 4.78 is 26.1. The summed E-state index contributed by atoms with van der Waals surface area (Å²) in [4.78, 5) is 2.32. The first kappa shape index (κ1) is 14.8. The molecule has 5 nitrogen and oxygen atoms in total. The van der Waals surface area contributed by atoms with Crippen LogP contribution in [0.3, 0.4) is 0 Å². The summed E-state index contributed by atoms with van der Waals surface area (Å²) in [6, 6.07) is 5.98. The lowest BCUT2D eigenvalue weighted by atomic mass is 10.1. The number of piperazine rings is 1. The summed E-state index contributed by atoms with van der Waals surface area (Å²) in [6.07, 6.45) is 1.68. The molecular formula is C15H23N3O2S. The number of aryl methyl sites for hydroxylation is 1. The van der Waals surface area contributed by atoms with Gasteiger partial charge in [-0.25, -0.2) is 8.42 Å². The molecule has 1 saturated carbocycles. The van der Waals surface area contributed by atoms with E-state index in [0.717, 1.165) is 38.2 Å². The summed E-state index contributed by atoms with van der Waals surface area (Å²) in [5, 5.41) is -0.0941. The maximum Gasteiger partial charge on any atom is 0.217 e. The summed E-state index contributed by atoms with van der Waals surface area (Å²) in [7, 11) is -3.01. The van der Waals surface area contributed by atoms with Gasteiger partial charge in [-0.15, -0.1) is 0 Å². The first-order valence-corrected chi connectivity index (χ1v) is 9.03. The van der Waals surface area contributed by atoms with Crippen LogP contribution in [0.15, 0.2) is 18.2 Å². The molecule has 21 heavy (non-hydrogen) atoms. The highest BCUT2D eigenvalue weighted by Crippen LogP contribution is 2.31. The minimum absolute atomic E-state index is 0.0941. The van der Waals surface area contributed by atoms with Crippen LogP contribution < -0.4 is 5.73 Å². The highest BCUT2D eigenvalue weighted by molar-refractivity contribution is 7.90. The Bertz CT molecular complexity index is 618. The SMILES string of the molecule is Cc1cc(N)ccc1CN1CCN(S(=O)(=O)C2CC2)CC1. The van der Waals surface area contributed by atoms with Gasteiger partial charge in [-0.3, -0.25) is 4.90 Å². The molecule has 0 spiro atoms. The predicted molar refractivity (Wildman–Crippen MR) is 84.4 cm³/mol. The molecule has 6 heteroatoms. The molecule has 1 aliphatic carbocycles. The molecule has 1 aromatic rings. The van der Waals surface area contributed by atoms with Crippen molar-refractivity contribution in [2.75, 3.05) is 31.9 Å². The number of nitrogens with two attached hydrogens (primary N) is 1. The Morgan fingerprint density at radius 1 is 1.19 bits per heavy atom. The molecule has 116 valence electrons. The van der Waals surface area contributed by atoms with Crippen LogP contribution in [0.1, 0.15) is 24.0 Å². The minimum Gasteiger partial charge on any atom is -0.399 e. The van der Waals surface area contributed by atoms with Gasteiger partial charge in [0, 0.05) is 38.4 Å². The Balaban J connectivity index is 1.58. The van der Waals surface area contributed by atoms with Crippen LogP contribution >= 0.6 is 0 Å². The smallest absolute Gasteiger partial charge is 0.217 e. The Kier molecular flexibility index (Phi) is 3.94. The van der Waals surface area contributed by atoms with Crippen LogP contribution in [0, 0.1) is 6.92 Å². The van der Waals surface area contributed by atoms with Crippen molar-refractivity contribution in [2.24, 2.45) is 0 Å². The summed E-state index contributed by atoms with van der Waals surface area (Å²) in [6.45, 7) is 5.77. The van der Waals surface area contributed by atoms with Crippen LogP contribution in [-0.4, -0.2) is 49.1 Å². The Morgan fingerprint density at radius 3 is 2.43 bits per heavy atom. The van der Waals surface area contributed by atoms with Crippen LogP contribution in [-0.2, 0) is 16.6 Å². The normalized spacial score (nSPS) is 21.6. The molecule has 0 radical (unpaired) electrons. The number of benzene rings is 1. The maximum absolute atomic E-state index is 12.2. The molecule has 0 bridgehead atoms. The van der Waals surface area contributed by atoms with E-state index in [9.17, 15) is 8.42 Å². The van der Waals surface area contributed by atoms with E-state index in [1.54, 1.807) is 4.31 Å². The van der Waals surface area contributed by atoms with Crippen molar-refractivity contribution in [2.45, 2.75) is 31.6 Å². The third-order valence-corrected chi connectivity index (χ3v) is 6.80. The van der Waals surface area contributed by atoms with Gasteiger partial charge in [-0.05, 0) is 43.0 Å². The Hall–Kier alpha value is -1.11. The summed E-state index contributed by atoms with van der Waals surface area (Å²) in [5.74, 6) is 0. The van der Waals surface area contributed by atoms with Crippen LogP contribution in [0.25, 0.3) is 0 Å². The van der Waals surface area contributed by atoms with Gasteiger partial charge in [0.2, 0.25) is 10.0 Å². The lowest BCUT2D eigenvalue weighted by Crippen LogP contribution is -2.49. The molecule has 0 unspecified atom stereocenters. The van der Waals surface area contributed by atoms with E-state index >= 15 is 0 Å². The fourth-order valence-corrected chi connectivity index (χ4v) is 4.68. The number of rotatable bonds is 4. The van der Waals surface area contributed by atoms with Gasteiger partial charge in [0.1, 0.15) is 0 Å². The lowest BCUT2D eigenvalue weighted by Gasteiger charge is -2.34. The van der Waals surface area contributed by atoms with E-state index in [2.05, 4.69) is 17.9 Å². The average Bonchev–Trinajstić information content (AvgIpc) is 3.27. The third kappa shape index (κ3) is 3.22. The first-order chi connectivity index (χ1) is 9.96. The van der Waals surface area contributed by atoms with E-state index in [1.165, 1.54) is 11.1 Å². The fraction of sp³-hybridized carbons (Fsp3) is 0.600. The zero-order valence-corrected chi connectivity index (χ0v) is 13.3. The number of nitrogens with zero attached hydrogens (tertiary/aromatic N) is 2. The molecule has 1 aromatic carbocycles. The second-order valence-corrected chi connectivity index (χ2v) is 8.32. The van der Waals surface area contributed by atoms with Gasteiger partial charge in [0.15, 0.2) is 0 Å². The van der Waals surface area contributed by atoms with Gasteiger partial charge in [-0.2, -0.15) is 4.31 Å². The second kappa shape index (κ2) is 5.59. The van der Waals surface area contributed by atoms with Gasteiger partial charge >= 0.3 is 0 Å². The van der Waals surface area contributed by atoms with E-state index in [-0.39, 0.29) is 5.25 Å². The molecule has 1 heterocycles. The predicted octanol–water partition coefficient (Wildman–Crippen LogP) is 1.19. The monoisotopic (exact) mass is 309 g/mol. The zero-order chi connectivity index (χ0) is 15.0. The van der Waals surface area contributed by atoms with Crippen LogP contribution in [0.2, 0.25) is 0 Å². The minimum atomic E-state index is -3.01. The molecule has 2 aliphatic rings. The highest BCUT2D eigenvalue weighted by Gasteiger charge is 2.40. The van der Waals surface area contributed by atoms with E-state index in [1.807, 2.05) is 12.1 Å². The lowest BCUT2D eigenvalue weighted by molar-refractivity contribution is 0.181. The number of hydrogen-bond donors (Lipinski definition) is 1. The van der Waals surface area contributed by atoms with E-state index in [4.69, 9.17) is 5.73 Å². The fourth-order valence-electron chi connectivity index (χ4n) is 2.86. The summed E-state index contributed by atoms with van der Waals surface area (Å²) >= 11 is 0. The molecule has 1 saturated heterocycles. The molecule has 0 aromatic heterocycles. The van der Waals surface area contributed by atoms with Crippen molar-refractivity contribution in [1.82, 2.24) is 9.21 Å².